The summed E-state index contributed by atoms with van der Waals surface area (Å²) in [5, 5.41) is 0.922. The topological polar surface area (TPSA) is 38.9 Å². The normalized spacial score (nSPS) is 10.4. The summed E-state index contributed by atoms with van der Waals surface area (Å²) >= 11 is 5.01. The minimum Gasteiger partial charge on any atom is -0.398 e. The maximum Gasteiger partial charge on any atom is 0.103 e. The van der Waals surface area contributed by atoms with Gasteiger partial charge >= 0.3 is 0 Å². The molecule has 0 saturated heterocycles. The van der Waals surface area contributed by atoms with Gasteiger partial charge in [-0.3, -0.25) is 0 Å². The first kappa shape index (κ1) is 11.5. The predicted molar refractivity (Wildman–Crippen MR) is 71.7 cm³/mol. The Hall–Kier alpha value is -1.00. The van der Waals surface area contributed by atoms with Crippen molar-refractivity contribution in [2.24, 2.45) is 0 Å². The predicted octanol–water partition coefficient (Wildman–Crippen LogP) is 3.89. The van der Waals surface area contributed by atoms with Crippen LogP contribution in [0.2, 0.25) is 0 Å². The number of nitrogens with zero attached hydrogens (tertiary/aromatic N) is 1. The fourth-order valence-corrected chi connectivity index (χ4v) is 2.27. The molecule has 2 nitrogen and oxygen atoms in total. The molecule has 4 heteroatoms. The van der Waals surface area contributed by atoms with Gasteiger partial charge in [0.05, 0.1) is 0 Å². The number of rotatable bonds is 2. The van der Waals surface area contributed by atoms with E-state index >= 15 is 0 Å². The largest absolute Gasteiger partial charge is 0.398 e. The summed E-state index contributed by atoms with van der Waals surface area (Å²) < 4.78 is 1.08. The van der Waals surface area contributed by atoms with Gasteiger partial charge in [-0.05, 0) is 42.8 Å². The highest BCUT2D eigenvalue weighted by molar-refractivity contribution is 9.10. The Balaban J connectivity index is 2.20. The van der Waals surface area contributed by atoms with Crippen molar-refractivity contribution in [2.75, 3.05) is 5.73 Å². The molecule has 0 atom stereocenters. The average molecular weight is 295 g/mol. The van der Waals surface area contributed by atoms with Crippen LogP contribution in [0.3, 0.4) is 0 Å². The van der Waals surface area contributed by atoms with E-state index in [1.165, 1.54) is 0 Å². The number of nitrogen functional groups attached to an aromatic ring is 1. The Morgan fingerprint density at radius 1 is 1.25 bits per heavy atom. The summed E-state index contributed by atoms with van der Waals surface area (Å²) in [6.07, 6.45) is 1.80. The van der Waals surface area contributed by atoms with E-state index in [4.69, 9.17) is 5.73 Å². The molecule has 2 rings (SSSR count). The van der Waals surface area contributed by atoms with E-state index in [1.807, 2.05) is 37.3 Å². The summed E-state index contributed by atoms with van der Waals surface area (Å²) in [5.74, 6) is 0. The molecule has 1 heterocycles. The minimum atomic E-state index is 0.787. The number of anilines is 1. The van der Waals surface area contributed by atoms with Crippen LogP contribution in [0.1, 0.15) is 5.56 Å². The van der Waals surface area contributed by atoms with Gasteiger partial charge in [-0.2, -0.15) is 0 Å². The Bertz CT molecular complexity index is 497. The van der Waals surface area contributed by atoms with Crippen LogP contribution in [-0.4, -0.2) is 4.98 Å². The fraction of sp³-hybridized carbons (Fsp3) is 0.0833. The number of hydrogen-bond acceptors (Lipinski definition) is 3. The van der Waals surface area contributed by atoms with Gasteiger partial charge in [0, 0.05) is 21.3 Å². The maximum atomic E-state index is 5.84. The Kier molecular flexibility index (Phi) is 3.51. The first-order chi connectivity index (χ1) is 7.65. The van der Waals surface area contributed by atoms with E-state index in [1.54, 1.807) is 18.0 Å². The lowest BCUT2D eigenvalue weighted by Gasteiger charge is -2.04. The number of aryl methyl sites for hydroxylation is 1. The number of nitrogens with two attached hydrogens (primary N) is 1. The van der Waals surface area contributed by atoms with Gasteiger partial charge in [0.1, 0.15) is 5.03 Å². The Morgan fingerprint density at radius 2 is 1.94 bits per heavy atom. The zero-order valence-electron chi connectivity index (χ0n) is 8.77. The van der Waals surface area contributed by atoms with Gasteiger partial charge in [-0.15, -0.1) is 0 Å². The number of pyridine rings is 1. The number of benzene rings is 1. The first-order valence-corrected chi connectivity index (χ1v) is 6.41. The molecule has 0 unspecified atom stereocenters. The van der Waals surface area contributed by atoms with Crippen molar-refractivity contribution in [3.63, 3.8) is 0 Å². The Morgan fingerprint density at radius 3 is 2.56 bits per heavy atom. The molecule has 0 amide bonds. The highest BCUT2D eigenvalue weighted by Crippen LogP contribution is 2.28. The van der Waals surface area contributed by atoms with E-state index < -0.39 is 0 Å². The monoisotopic (exact) mass is 294 g/mol. The molecular formula is C12H11BrN2S. The number of aromatic nitrogens is 1. The molecular weight excluding hydrogens is 284 g/mol. The van der Waals surface area contributed by atoms with Crippen molar-refractivity contribution in [1.29, 1.82) is 0 Å². The molecule has 0 bridgehead atoms. The van der Waals surface area contributed by atoms with Crippen LogP contribution >= 0.6 is 27.7 Å². The van der Waals surface area contributed by atoms with E-state index in [0.29, 0.717) is 0 Å². The molecule has 1 aromatic heterocycles. The molecule has 2 N–H and O–H groups in total. The highest BCUT2D eigenvalue weighted by atomic mass is 79.9. The fourth-order valence-electron chi connectivity index (χ4n) is 1.20. The van der Waals surface area contributed by atoms with Crippen molar-refractivity contribution in [3.05, 3.63) is 46.6 Å². The summed E-state index contributed by atoms with van der Waals surface area (Å²) in [6, 6.07) is 10.0. The van der Waals surface area contributed by atoms with Crippen LogP contribution in [0.25, 0.3) is 0 Å². The highest BCUT2D eigenvalue weighted by Gasteiger charge is 2.01. The zero-order chi connectivity index (χ0) is 11.5. The molecule has 2 aromatic rings. The lowest BCUT2D eigenvalue weighted by atomic mass is 10.3. The quantitative estimate of drug-likeness (QED) is 0.913. The van der Waals surface area contributed by atoms with E-state index in [0.717, 1.165) is 25.6 Å². The van der Waals surface area contributed by atoms with Gasteiger partial charge < -0.3 is 5.73 Å². The molecule has 82 valence electrons. The third-order valence-corrected chi connectivity index (χ3v) is 3.62. The lowest BCUT2D eigenvalue weighted by Crippen LogP contribution is -1.91. The summed E-state index contributed by atoms with van der Waals surface area (Å²) in [6.45, 7) is 1.95. The first-order valence-electron chi connectivity index (χ1n) is 4.81. The van der Waals surface area contributed by atoms with Gasteiger partial charge in [0.2, 0.25) is 0 Å². The van der Waals surface area contributed by atoms with E-state index in [-0.39, 0.29) is 0 Å². The van der Waals surface area contributed by atoms with Gasteiger partial charge in [-0.1, -0.05) is 27.7 Å². The second-order valence-corrected chi connectivity index (χ2v) is 5.44. The molecule has 0 spiro atoms. The Labute approximate surface area is 107 Å². The molecule has 0 radical (unpaired) electrons. The molecule has 0 aliphatic rings. The smallest absolute Gasteiger partial charge is 0.103 e. The van der Waals surface area contributed by atoms with Gasteiger partial charge in [-0.25, -0.2) is 4.98 Å². The molecule has 0 saturated carbocycles. The van der Waals surface area contributed by atoms with Crippen LogP contribution in [0.15, 0.2) is 50.9 Å². The van der Waals surface area contributed by atoms with Crippen molar-refractivity contribution in [3.8, 4) is 0 Å². The van der Waals surface area contributed by atoms with Crippen LogP contribution < -0.4 is 5.73 Å². The molecule has 16 heavy (non-hydrogen) atoms. The van der Waals surface area contributed by atoms with Gasteiger partial charge in [0.25, 0.3) is 0 Å². The van der Waals surface area contributed by atoms with Crippen molar-refractivity contribution < 1.29 is 0 Å². The third kappa shape index (κ3) is 2.77. The molecule has 0 aliphatic heterocycles. The molecule has 0 fully saturated rings. The van der Waals surface area contributed by atoms with Crippen molar-refractivity contribution >= 4 is 33.4 Å². The van der Waals surface area contributed by atoms with Gasteiger partial charge in [0.15, 0.2) is 0 Å². The van der Waals surface area contributed by atoms with Crippen LogP contribution in [0.5, 0.6) is 0 Å². The third-order valence-electron chi connectivity index (χ3n) is 2.16. The van der Waals surface area contributed by atoms with Crippen LogP contribution in [0, 0.1) is 6.92 Å². The zero-order valence-corrected chi connectivity index (χ0v) is 11.2. The van der Waals surface area contributed by atoms with Crippen molar-refractivity contribution in [2.45, 2.75) is 16.8 Å². The lowest BCUT2D eigenvalue weighted by molar-refractivity contribution is 1.11. The second kappa shape index (κ2) is 4.89. The van der Waals surface area contributed by atoms with E-state index in [9.17, 15) is 0 Å². The van der Waals surface area contributed by atoms with Crippen LogP contribution in [-0.2, 0) is 0 Å². The summed E-state index contributed by atoms with van der Waals surface area (Å²) in [7, 11) is 0. The molecule has 0 aliphatic carbocycles. The van der Waals surface area contributed by atoms with Crippen molar-refractivity contribution in [1.82, 2.24) is 4.98 Å². The molecule has 1 aromatic carbocycles. The van der Waals surface area contributed by atoms with E-state index in [2.05, 4.69) is 20.9 Å². The minimum absolute atomic E-state index is 0.787. The number of halogens is 1. The summed E-state index contributed by atoms with van der Waals surface area (Å²) in [5.41, 5.74) is 7.64. The SMILES string of the molecule is Cc1cnc(Sc2ccc(Br)cc2)cc1N. The average Bonchev–Trinajstić information content (AvgIpc) is 2.27. The standard InChI is InChI=1S/C12H11BrN2S/c1-8-7-15-12(6-11(8)14)16-10-4-2-9(13)3-5-10/h2-7H,1H3,(H2,14,15). The maximum absolute atomic E-state index is 5.84. The summed E-state index contributed by atoms with van der Waals surface area (Å²) in [4.78, 5) is 5.48. The number of hydrogen-bond donors (Lipinski definition) is 1. The second-order valence-electron chi connectivity index (χ2n) is 3.44. The van der Waals surface area contributed by atoms with Crippen LogP contribution in [0.4, 0.5) is 5.69 Å².